The molecular weight excluding hydrogens is 721 g/mol. The summed E-state index contributed by atoms with van der Waals surface area (Å²) in [4.78, 5) is 9.89. The molecule has 6 heteroatoms. The van der Waals surface area contributed by atoms with E-state index in [4.69, 9.17) is 21.7 Å². The molecule has 0 saturated carbocycles. The number of rotatable bonds is 2. The normalized spacial score (nSPS) is 15.3. The number of pyridine rings is 1. The largest absolute Gasteiger partial charge is 0.501 e. The van der Waals surface area contributed by atoms with Crippen LogP contribution in [0.4, 0.5) is 0 Å². The Hall–Kier alpha value is -3.67. The maximum atomic E-state index is 7.96. The number of hydrogen-bond donors (Lipinski definition) is 0. The number of fused-ring (bicyclic) bond motifs is 6. The molecule has 8 rings (SSSR count). The van der Waals surface area contributed by atoms with Crippen LogP contribution in [0.3, 0.4) is 0 Å². The molecule has 4 aromatic heterocycles. The summed E-state index contributed by atoms with van der Waals surface area (Å²) in [5.74, 6) is 0. The fourth-order valence-corrected chi connectivity index (χ4v) is 6.92. The van der Waals surface area contributed by atoms with Gasteiger partial charge in [-0.15, -0.1) is 64.4 Å². The van der Waals surface area contributed by atoms with Crippen molar-refractivity contribution in [2.45, 2.75) is 20.6 Å². The first-order valence-electron chi connectivity index (χ1n) is 16.8. The Morgan fingerprint density at radius 1 is 0.805 bits per heavy atom. The summed E-state index contributed by atoms with van der Waals surface area (Å²) < 4.78 is 76.0. The fraction of sp³-hybridized carbons (Fsp3) is 0.0857. The Kier molecular flexibility index (Phi) is 5.16. The Labute approximate surface area is 272 Å². The van der Waals surface area contributed by atoms with Crippen LogP contribution in [-0.4, -0.2) is 9.97 Å². The van der Waals surface area contributed by atoms with E-state index in [2.05, 4.69) is 29.2 Å². The summed E-state index contributed by atoms with van der Waals surface area (Å²) in [5.41, 5.74) is 3.71. The van der Waals surface area contributed by atoms with Gasteiger partial charge in [0.15, 0.2) is 0 Å². The molecule has 0 aliphatic carbocycles. The van der Waals surface area contributed by atoms with Crippen LogP contribution in [0, 0.1) is 32.7 Å². The molecule has 0 N–H and O–H groups in total. The molecule has 0 amide bonds. The van der Waals surface area contributed by atoms with Gasteiger partial charge in [0.2, 0.25) is 0 Å². The molecule has 0 aliphatic rings. The minimum Gasteiger partial charge on any atom is -0.501 e. The molecule has 3 nitrogen and oxygen atoms in total. The van der Waals surface area contributed by atoms with Crippen LogP contribution < -0.4 is 0 Å². The molecule has 0 bridgehead atoms. The molecule has 41 heavy (non-hydrogen) atoms. The molecular formula is C35H24IrN2OS2-2. The van der Waals surface area contributed by atoms with Gasteiger partial charge in [-0.25, -0.2) is 0 Å². The zero-order valence-corrected chi connectivity index (χ0v) is 25.1. The number of thiophene rings is 1. The summed E-state index contributed by atoms with van der Waals surface area (Å²) in [6.07, 6.45) is 1.30. The molecule has 0 atom stereocenters. The molecule has 0 fully saturated rings. The molecule has 0 aliphatic heterocycles. The average molecular weight is 754 g/mol. The van der Waals surface area contributed by atoms with Crippen LogP contribution in [0.15, 0.2) is 95.5 Å². The molecule has 4 heterocycles. The fourth-order valence-electron chi connectivity index (χ4n) is 4.57. The van der Waals surface area contributed by atoms with Crippen LogP contribution in [0.2, 0.25) is 0 Å². The van der Waals surface area contributed by atoms with Gasteiger partial charge in [0, 0.05) is 59.1 Å². The zero-order chi connectivity index (χ0) is 34.7. The number of aryl methyl sites for hydroxylation is 3. The van der Waals surface area contributed by atoms with Crippen molar-refractivity contribution in [3.63, 3.8) is 0 Å². The van der Waals surface area contributed by atoms with Crippen molar-refractivity contribution >= 4 is 64.2 Å². The van der Waals surface area contributed by atoms with Gasteiger partial charge in [-0.1, -0.05) is 73.2 Å². The second-order valence-electron chi connectivity index (χ2n) is 9.05. The second kappa shape index (κ2) is 11.3. The van der Waals surface area contributed by atoms with Crippen LogP contribution in [-0.2, 0) is 20.1 Å². The number of thiazole rings is 1. The maximum absolute atomic E-state index is 7.96. The molecule has 0 saturated heterocycles. The maximum Gasteiger partial charge on any atom is 0.124 e. The number of hydrogen-bond acceptors (Lipinski definition) is 5. The Morgan fingerprint density at radius 2 is 1.63 bits per heavy atom. The monoisotopic (exact) mass is 754 g/mol. The third-order valence-electron chi connectivity index (χ3n) is 6.45. The van der Waals surface area contributed by atoms with Gasteiger partial charge in [-0.05, 0) is 30.2 Å². The zero-order valence-electron chi connectivity index (χ0n) is 30.1. The average Bonchev–Trinajstić information content (AvgIpc) is 3.75. The van der Waals surface area contributed by atoms with Crippen molar-refractivity contribution in [1.82, 2.24) is 9.97 Å². The van der Waals surface area contributed by atoms with E-state index in [1.807, 2.05) is 36.4 Å². The molecule has 4 aromatic carbocycles. The van der Waals surface area contributed by atoms with Crippen LogP contribution in [0.25, 0.3) is 63.4 Å². The number of nitrogens with zero attached hydrogens (tertiary/aromatic N) is 2. The van der Waals surface area contributed by atoms with Crippen molar-refractivity contribution < 1.29 is 36.9 Å². The molecule has 0 spiro atoms. The van der Waals surface area contributed by atoms with E-state index >= 15 is 0 Å². The Balaban J connectivity index is 0.000000182. The van der Waals surface area contributed by atoms with Gasteiger partial charge < -0.3 is 9.40 Å². The number of benzene rings is 4. The summed E-state index contributed by atoms with van der Waals surface area (Å²) in [6, 6.07) is 31.0. The summed E-state index contributed by atoms with van der Waals surface area (Å²) in [5, 5.41) is 3.40. The molecule has 1 radical (unpaired) electrons. The second-order valence-corrected chi connectivity index (χ2v) is 11.1. The van der Waals surface area contributed by atoms with Gasteiger partial charge in [-0.2, -0.15) is 11.3 Å². The predicted octanol–water partition coefficient (Wildman–Crippen LogP) is 10.3. The number of aromatic nitrogens is 2. The van der Waals surface area contributed by atoms with Crippen molar-refractivity contribution in [2.75, 3.05) is 0 Å². The van der Waals surface area contributed by atoms with Crippen molar-refractivity contribution in [2.24, 2.45) is 0 Å². The van der Waals surface area contributed by atoms with Crippen molar-refractivity contribution in [1.29, 1.82) is 0 Å². The quantitative estimate of drug-likeness (QED) is 0.165. The number of para-hydroxylation sites is 1. The van der Waals surface area contributed by atoms with Crippen molar-refractivity contribution in [3.05, 3.63) is 120 Å². The molecule has 0 unspecified atom stereocenters. The topological polar surface area (TPSA) is 38.9 Å². The van der Waals surface area contributed by atoms with E-state index < -0.39 is 20.6 Å². The Bertz CT molecular complexity index is 2410. The van der Waals surface area contributed by atoms with E-state index in [1.165, 1.54) is 34.5 Å². The van der Waals surface area contributed by atoms with E-state index in [0.717, 1.165) is 19.9 Å². The third-order valence-corrected chi connectivity index (χ3v) is 8.75. The minimum atomic E-state index is -2.25. The van der Waals surface area contributed by atoms with Crippen LogP contribution in [0.1, 0.15) is 29.0 Å². The van der Waals surface area contributed by atoms with Gasteiger partial charge in [0.25, 0.3) is 0 Å². The predicted molar refractivity (Wildman–Crippen MR) is 169 cm³/mol. The van der Waals surface area contributed by atoms with Gasteiger partial charge >= 0.3 is 0 Å². The van der Waals surface area contributed by atoms with Gasteiger partial charge in [0.05, 0.1) is 10.3 Å². The molecule has 8 aromatic rings. The summed E-state index contributed by atoms with van der Waals surface area (Å²) in [7, 11) is 0. The first-order valence-corrected chi connectivity index (χ1v) is 14.0. The third kappa shape index (κ3) is 5.13. The first-order chi connectivity index (χ1) is 23.2. The molecule has 203 valence electrons. The first kappa shape index (κ1) is 18.7. The SMILES string of the molecule is [2H]C([2H])([2H])c1c[c-]c(-c2ccc(C([2H])([2H])[2H])cn2)cc1.[2H]C([2H])([2H])c1c[c-]c(-c2nc3sc4ccccc4c3s2)c2oc3ccccc3c12.[Ir]. The smallest absolute Gasteiger partial charge is 0.124 e. The van der Waals surface area contributed by atoms with E-state index in [1.54, 1.807) is 40.9 Å². The van der Waals surface area contributed by atoms with Crippen LogP contribution >= 0.6 is 22.7 Å². The standard InChI is InChI=1S/C22H12NOS2.C13H12N.Ir/c1-12-10-11-15(19-18(12)13-6-2-4-8-16(13)24-19)21-23-22-20(26-21)14-7-3-5-9-17(14)25-22;1-10-3-6-12(7-4-10)13-8-5-11(2)9-14-13;/h2-10H,1H3;3-6,8-9H,1-2H3;/q2*-1;/i1D3;1D3,2D3;. The Morgan fingerprint density at radius 3 is 2.41 bits per heavy atom. The van der Waals surface area contributed by atoms with E-state index in [0.29, 0.717) is 33.4 Å². The van der Waals surface area contributed by atoms with Crippen molar-refractivity contribution in [3.8, 4) is 21.8 Å². The minimum absolute atomic E-state index is 0. The van der Waals surface area contributed by atoms with E-state index in [9.17, 15) is 0 Å². The summed E-state index contributed by atoms with van der Waals surface area (Å²) >= 11 is 3.25. The summed E-state index contributed by atoms with van der Waals surface area (Å²) in [6.45, 7) is -6.59. The number of furan rings is 1. The van der Waals surface area contributed by atoms with Gasteiger partial charge in [0.1, 0.15) is 10.4 Å². The van der Waals surface area contributed by atoms with E-state index in [-0.39, 0.29) is 36.8 Å². The van der Waals surface area contributed by atoms with Crippen LogP contribution in [0.5, 0.6) is 0 Å². The van der Waals surface area contributed by atoms with Gasteiger partial charge in [-0.3, -0.25) is 4.98 Å².